The average molecular weight is 1920 g/mol. The zero-order valence-corrected chi connectivity index (χ0v) is 80.7. The number of benzene rings is 17. The summed E-state index contributed by atoms with van der Waals surface area (Å²) in [6, 6.07) is 163. The van der Waals surface area contributed by atoms with Crippen LogP contribution in [0.5, 0.6) is 0 Å². The topological polar surface area (TPSA) is 171 Å². The second-order valence-electron chi connectivity index (χ2n) is 37.2. The molecule has 0 atom stereocenters. The van der Waals surface area contributed by atoms with Crippen molar-refractivity contribution >= 4 is 131 Å². The Morgan fingerprint density at radius 2 is 0.307 bits per heavy atom. The van der Waals surface area contributed by atoms with Crippen molar-refractivity contribution in [2.45, 2.75) is 0 Å². The molecule has 0 unspecified atom stereocenters. The van der Waals surface area contributed by atoms with Crippen LogP contribution in [0.25, 0.3) is 267 Å². The quantitative estimate of drug-likeness (QED) is 0.0956. The Bertz CT molecular complexity index is 8660. The molecule has 30 rings (SSSR count). The van der Waals surface area contributed by atoms with Gasteiger partial charge in [-0.25, -0.2) is 19.9 Å². The van der Waals surface area contributed by atoms with Crippen LogP contribution in [0.4, 0.5) is 0 Å². The van der Waals surface area contributed by atoms with Gasteiger partial charge in [-0.1, -0.05) is 382 Å². The van der Waals surface area contributed by atoms with E-state index in [0.717, 1.165) is 216 Å². The molecule has 30 aromatic rings. The Kier molecular flexibility index (Phi) is 21.5. The van der Waals surface area contributed by atoms with Gasteiger partial charge in [-0.3, -0.25) is 47.3 Å². The fraction of sp³-hybridized carbons (Fsp3) is 0. The molecule has 0 radical (unpaired) electrons. The molecule has 13 aromatic heterocycles. The van der Waals surface area contributed by atoms with Crippen molar-refractivity contribution in [3.63, 3.8) is 0 Å². The third-order valence-corrected chi connectivity index (χ3v) is 28.8. The summed E-state index contributed by atoms with van der Waals surface area (Å²) in [5, 5.41) is 13.6. The highest BCUT2D eigenvalue weighted by Crippen LogP contribution is 2.48. The molecule has 0 N–H and O–H groups in total. The summed E-state index contributed by atoms with van der Waals surface area (Å²) < 4.78 is 13.2. The highest BCUT2D eigenvalue weighted by Gasteiger charge is 2.30. The monoisotopic (exact) mass is 1920 g/mol. The van der Waals surface area contributed by atoms with Gasteiger partial charge >= 0.3 is 0 Å². The van der Waals surface area contributed by atoms with Crippen molar-refractivity contribution in [1.29, 1.82) is 0 Å². The van der Waals surface area contributed by atoms with E-state index in [4.69, 9.17) is 34.9 Å². The van der Waals surface area contributed by atoms with Crippen LogP contribution in [0.15, 0.2) is 517 Å². The number of aromatic nitrogens is 17. The summed E-state index contributed by atoms with van der Waals surface area (Å²) in [6.07, 6.45) is 15.0. The van der Waals surface area contributed by atoms with Gasteiger partial charge in [0.15, 0.2) is 17.5 Å². The van der Waals surface area contributed by atoms with E-state index < -0.39 is 0 Å². The fourth-order valence-corrected chi connectivity index (χ4v) is 22.3. The average Bonchev–Trinajstić information content (AvgIpc) is 1.56. The maximum absolute atomic E-state index is 5.53. The van der Waals surface area contributed by atoms with E-state index in [0.29, 0.717) is 29.4 Å². The van der Waals surface area contributed by atoms with E-state index in [1.54, 1.807) is 0 Å². The minimum atomic E-state index is 0.501. The summed E-state index contributed by atoms with van der Waals surface area (Å²) >= 11 is 0. The Hall–Kier alpha value is -20.7. The SMILES string of the molecule is c1ccc(-c2cccc(-c3ccccc3)c2-c2nc(-n3c4ccccc4c4ccccc43)cc(-n3c4ccccc4c4ccccc43)n2)cc1.c1ccc(-c2cccc(-c3ccccc3)c2-c2nc(-n3c4ccccc4c4ccncc43)cc(-n3c4ccccc4c4ccncc43)n2)cc1.c1ccc(-c2cccc(-c3ccccc3)c2-c2nc(-n3c4ccccc4c4ccncc43)nc(-n3c4ccccc4c4ccncc43)n2)cc1. The maximum atomic E-state index is 5.53. The van der Waals surface area contributed by atoms with Gasteiger partial charge < -0.3 is 0 Å². The molecule has 702 valence electrons. The lowest BCUT2D eigenvalue weighted by atomic mass is 9.91. The van der Waals surface area contributed by atoms with E-state index in [2.05, 4.69) is 466 Å². The molecule has 0 aliphatic carbocycles. The van der Waals surface area contributed by atoms with Crippen LogP contribution in [0.3, 0.4) is 0 Å². The van der Waals surface area contributed by atoms with Crippen LogP contribution in [0.2, 0.25) is 0 Å². The highest BCUT2D eigenvalue weighted by atomic mass is 15.3. The minimum Gasteiger partial charge on any atom is -0.294 e. The molecule has 17 nitrogen and oxygen atoms in total. The number of fused-ring (bicyclic) bond motifs is 18. The van der Waals surface area contributed by atoms with E-state index in [1.165, 1.54) is 21.5 Å². The predicted octanol–water partition coefficient (Wildman–Crippen LogP) is 32.0. The number of rotatable bonds is 15. The summed E-state index contributed by atoms with van der Waals surface area (Å²) in [5.41, 5.74) is 28.1. The molecule has 150 heavy (non-hydrogen) atoms. The Morgan fingerprint density at radius 1 is 0.133 bits per heavy atom. The molecule has 0 spiro atoms. The van der Waals surface area contributed by atoms with Crippen LogP contribution in [0.1, 0.15) is 0 Å². The molecular weight excluding hydrogens is 1840 g/mol. The van der Waals surface area contributed by atoms with Crippen molar-refractivity contribution in [3.8, 4) is 136 Å². The first-order chi connectivity index (χ1) is 74.5. The summed E-state index contributed by atoms with van der Waals surface area (Å²) in [7, 11) is 0. The molecule has 0 saturated heterocycles. The highest BCUT2D eigenvalue weighted by molar-refractivity contribution is 6.15. The van der Waals surface area contributed by atoms with Crippen LogP contribution in [-0.4, -0.2) is 82.2 Å². The molecule has 0 aliphatic heterocycles. The number of pyridine rings is 4. The lowest BCUT2D eigenvalue weighted by Crippen LogP contribution is -2.11. The van der Waals surface area contributed by atoms with Gasteiger partial charge in [-0.2, -0.15) is 15.0 Å². The first kappa shape index (κ1) is 87.1. The standard InChI is InChI=1S/C46H30N4.C44H28N6.C43H27N7/c1-3-16-31(17-4-1)33-24-15-25-34(32-18-5-2-6-19-32)45(33)46-47-43(49-39-26-11-7-20-35(39)36-21-8-12-27-40(36)49)30-44(48-46)50-41-28-13-9-22-37(41)38-23-10-14-29-42(38)50;1-3-12-29(13-4-1)31-18-11-19-32(30-14-5-2-6-15-30)43(31)44-47-41(49-37-20-9-7-16-33(37)35-22-24-45-27-39(35)49)26-42(48-44)50-38-21-10-8-17-34(38)36-23-25-46-28-40(36)50;1-3-12-28(13-4-1)30-18-11-19-31(29-14-5-2-6-15-29)40(30)41-46-42(49-36-20-9-7-16-32(36)34-22-24-44-26-38(34)49)48-43(47-41)50-37-21-10-8-17-33(37)35-23-25-45-27-39(35)50/h1-30H;1-28H;1-27H. The Labute approximate surface area is 860 Å². The molecule has 17 aromatic carbocycles. The van der Waals surface area contributed by atoms with Crippen molar-refractivity contribution in [1.82, 2.24) is 82.2 Å². The second-order valence-corrected chi connectivity index (χ2v) is 37.2. The first-order valence-electron chi connectivity index (χ1n) is 50.1. The van der Waals surface area contributed by atoms with Gasteiger partial charge in [-0.15, -0.1) is 0 Å². The Balaban J connectivity index is 0.000000108. The molecule has 13 heterocycles. The molecule has 0 fully saturated rings. The third kappa shape index (κ3) is 14.9. The van der Waals surface area contributed by atoms with Gasteiger partial charge in [0.2, 0.25) is 11.9 Å². The van der Waals surface area contributed by atoms with E-state index >= 15 is 0 Å². The summed E-state index contributed by atoms with van der Waals surface area (Å²) in [6.45, 7) is 0. The fourth-order valence-electron chi connectivity index (χ4n) is 22.3. The Morgan fingerprint density at radius 3 is 0.527 bits per heavy atom. The number of para-hydroxylation sites is 8. The van der Waals surface area contributed by atoms with Crippen LogP contribution >= 0.6 is 0 Å². The van der Waals surface area contributed by atoms with E-state index in [9.17, 15) is 0 Å². The largest absolute Gasteiger partial charge is 0.294 e. The molecule has 0 bridgehead atoms. The van der Waals surface area contributed by atoms with Gasteiger partial charge in [0.05, 0.1) is 91.0 Å². The molecule has 0 aliphatic rings. The maximum Gasteiger partial charge on any atom is 0.240 e. The zero-order chi connectivity index (χ0) is 99.1. The van der Waals surface area contributed by atoms with Gasteiger partial charge in [0, 0.05) is 118 Å². The number of nitrogens with zero attached hydrogens (tertiary/aromatic N) is 17. The van der Waals surface area contributed by atoms with Crippen molar-refractivity contribution in [2.24, 2.45) is 0 Å². The smallest absolute Gasteiger partial charge is 0.240 e. The van der Waals surface area contributed by atoms with Crippen molar-refractivity contribution in [2.75, 3.05) is 0 Å². The van der Waals surface area contributed by atoms with Crippen molar-refractivity contribution < 1.29 is 0 Å². The normalized spacial score (nSPS) is 11.6. The van der Waals surface area contributed by atoms with Gasteiger partial charge in [-0.05, 0) is 140 Å². The van der Waals surface area contributed by atoms with Gasteiger partial charge in [0.1, 0.15) is 23.3 Å². The lowest BCUT2D eigenvalue weighted by Gasteiger charge is -2.18. The molecule has 0 saturated carbocycles. The van der Waals surface area contributed by atoms with Crippen LogP contribution < -0.4 is 0 Å². The van der Waals surface area contributed by atoms with E-state index in [1.807, 2.05) is 98.1 Å². The van der Waals surface area contributed by atoms with Crippen molar-refractivity contribution in [3.05, 3.63) is 517 Å². The third-order valence-electron chi connectivity index (χ3n) is 28.8. The second kappa shape index (κ2) is 36.9. The summed E-state index contributed by atoms with van der Waals surface area (Å²) in [4.78, 5) is 56.2. The lowest BCUT2D eigenvalue weighted by molar-refractivity contribution is 0.891. The molecular formula is C133H85N17. The molecule has 0 amide bonds. The van der Waals surface area contributed by atoms with Crippen LogP contribution in [0, 0.1) is 0 Å². The van der Waals surface area contributed by atoms with Crippen LogP contribution in [-0.2, 0) is 0 Å². The summed E-state index contributed by atoms with van der Waals surface area (Å²) in [5.74, 6) is 5.98. The first-order valence-corrected chi connectivity index (χ1v) is 50.1. The van der Waals surface area contributed by atoms with Gasteiger partial charge in [0.25, 0.3) is 0 Å². The predicted molar refractivity (Wildman–Crippen MR) is 610 cm³/mol. The van der Waals surface area contributed by atoms with E-state index in [-0.39, 0.29) is 0 Å². The zero-order valence-electron chi connectivity index (χ0n) is 80.7. The molecule has 17 heteroatoms. The number of hydrogen-bond acceptors (Lipinski definition) is 11. The number of hydrogen-bond donors (Lipinski definition) is 0. The minimum absolute atomic E-state index is 0.501.